The Morgan fingerprint density at radius 3 is 2.54 bits per heavy atom. The smallest absolute Gasteiger partial charge is 0.269 e. The van der Waals surface area contributed by atoms with Crippen LogP contribution in [0.3, 0.4) is 0 Å². The number of rotatable bonds is 5. The third kappa shape index (κ3) is 5.08. The van der Waals surface area contributed by atoms with Gasteiger partial charge in [0.2, 0.25) is 5.88 Å². The Hall–Kier alpha value is -4.41. The number of hydrogen-bond acceptors (Lipinski definition) is 5. The van der Waals surface area contributed by atoms with Crippen molar-refractivity contribution in [3.8, 4) is 17.7 Å². The molecule has 8 heteroatoms. The molecule has 2 aromatic carbocycles. The van der Waals surface area contributed by atoms with Gasteiger partial charge in [-0.25, -0.2) is 0 Å². The summed E-state index contributed by atoms with van der Waals surface area (Å²) in [4.78, 5) is 30.8. The van der Waals surface area contributed by atoms with Gasteiger partial charge in [0.15, 0.2) is 0 Å². The van der Waals surface area contributed by atoms with Crippen molar-refractivity contribution in [3.05, 3.63) is 104 Å². The van der Waals surface area contributed by atoms with Gasteiger partial charge in [0.05, 0.1) is 0 Å². The van der Waals surface area contributed by atoms with Gasteiger partial charge in [-0.15, -0.1) is 0 Å². The highest BCUT2D eigenvalue weighted by Crippen LogP contribution is 2.28. The van der Waals surface area contributed by atoms with E-state index >= 15 is 0 Å². The van der Waals surface area contributed by atoms with E-state index in [4.69, 9.17) is 16.3 Å². The van der Waals surface area contributed by atoms with Gasteiger partial charge in [-0.2, -0.15) is 10.2 Å². The quantitative estimate of drug-likeness (QED) is 0.293. The molecule has 0 bridgehead atoms. The van der Waals surface area contributed by atoms with Crippen LogP contribution in [0, 0.1) is 32.1 Å². The van der Waals surface area contributed by atoms with Crippen molar-refractivity contribution in [2.45, 2.75) is 20.8 Å². The van der Waals surface area contributed by atoms with Crippen LogP contribution in [0.1, 0.15) is 22.3 Å². The summed E-state index contributed by atoms with van der Waals surface area (Å²) < 4.78 is 7.43. The Labute approximate surface area is 206 Å². The largest absolute Gasteiger partial charge is 0.438 e. The zero-order valence-electron chi connectivity index (χ0n) is 19.3. The molecule has 0 atom stereocenters. The van der Waals surface area contributed by atoms with Gasteiger partial charge < -0.3 is 10.1 Å². The second kappa shape index (κ2) is 9.84. The van der Waals surface area contributed by atoms with Crippen LogP contribution in [0.25, 0.3) is 11.7 Å². The molecule has 1 N–H and O–H groups in total. The molecular formula is C27H21ClN4O3. The first kappa shape index (κ1) is 23.7. The van der Waals surface area contributed by atoms with Crippen molar-refractivity contribution < 1.29 is 9.53 Å². The number of fused-ring (bicyclic) bond motifs is 1. The summed E-state index contributed by atoms with van der Waals surface area (Å²) in [6.45, 7) is 5.68. The highest BCUT2D eigenvalue weighted by atomic mass is 35.5. The number of pyridine rings is 1. The Morgan fingerprint density at radius 1 is 1.11 bits per heavy atom. The van der Waals surface area contributed by atoms with Crippen molar-refractivity contribution in [1.29, 1.82) is 5.26 Å². The highest BCUT2D eigenvalue weighted by Gasteiger charge is 2.19. The van der Waals surface area contributed by atoms with Crippen LogP contribution in [0.4, 0.5) is 5.69 Å². The lowest BCUT2D eigenvalue weighted by atomic mass is 10.1. The molecule has 0 aliphatic heterocycles. The summed E-state index contributed by atoms with van der Waals surface area (Å²) in [5.41, 5.74) is 2.79. The van der Waals surface area contributed by atoms with E-state index in [2.05, 4.69) is 10.3 Å². The minimum absolute atomic E-state index is 0.00305. The van der Waals surface area contributed by atoms with Gasteiger partial charge in [0.1, 0.15) is 28.6 Å². The van der Waals surface area contributed by atoms with Gasteiger partial charge in [-0.05, 0) is 74.4 Å². The first-order chi connectivity index (χ1) is 16.8. The number of aryl methyl sites for hydroxylation is 3. The number of carbonyl (C=O) groups excluding carboxylic acids is 1. The molecule has 0 saturated carbocycles. The van der Waals surface area contributed by atoms with E-state index in [1.54, 1.807) is 42.6 Å². The monoisotopic (exact) mass is 484 g/mol. The summed E-state index contributed by atoms with van der Waals surface area (Å²) in [5.74, 6) is -0.163. The molecule has 4 aromatic rings. The zero-order valence-corrected chi connectivity index (χ0v) is 20.1. The van der Waals surface area contributed by atoms with Crippen molar-refractivity contribution in [3.63, 3.8) is 0 Å². The van der Waals surface area contributed by atoms with Crippen LogP contribution in [-0.2, 0) is 4.79 Å². The van der Waals surface area contributed by atoms with E-state index < -0.39 is 11.5 Å². The van der Waals surface area contributed by atoms with E-state index in [0.29, 0.717) is 22.1 Å². The number of hydrogen-bond donors (Lipinski definition) is 1. The predicted molar refractivity (Wildman–Crippen MR) is 136 cm³/mol. The maximum absolute atomic E-state index is 13.4. The molecule has 35 heavy (non-hydrogen) atoms. The Kier molecular flexibility index (Phi) is 6.67. The van der Waals surface area contributed by atoms with E-state index in [0.717, 1.165) is 16.7 Å². The Balaban J connectivity index is 1.84. The van der Waals surface area contributed by atoms with Crippen molar-refractivity contribution >= 4 is 34.9 Å². The molecule has 7 nitrogen and oxygen atoms in total. The molecule has 0 aliphatic rings. The lowest BCUT2D eigenvalue weighted by Crippen LogP contribution is -2.20. The number of aromatic nitrogens is 2. The van der Waals surface area contributed by atoms with Gasteiger partial charge in [0.25, 0.3) is 11.5 Å². The minimum Gasteiger partial charge on any atom is -0.438 e. The summed E-state index contributed by atoms with van der Waals surface area (Å²) in [6.07, 6.45) is 2.78. The number of nitrogens with zero attached hydrogens (tertiary/aromatic N) is 3. The van der Waals surface area contributed by atoms with Crippen LogP contribution in [0.2, 0.25) is 5.02 Å². The molecule has 174 valence electrons. The number of benzene rings is 2. The van der Waals surface area contributed by atoms with Gasteiger partial charge in [0, 0.05) is 16.9 Å². The molecular weight excluding hydrogens is 464 g/mol. The van der Waals surface area contributed by atoms with Crippen LogP contribution in [0.5, 0.6) is 11.6 Å². The average molecular weight is 485 g/mol. The standard InChI is InChI=1S/C27H21ClN4O3/c1-16-6-11-23(18(3)13-16)35-26-22(27(34)32-12-4-5-17(2)24(32)31-26)14-19(15-29)25(33)30-21-9-7-20(28)8-10-21/h4-14H,1-3H3,(H,30,33)/b19-14-. The lowest BCUT2D eigenvalue weighted by Gasteiger charge is -2.13. The molecule has 0 unspecified atom stereocenters. The number of nitrogens with one attached hydrogen (secondary N) is 1. The second-order valence-electron chi connectivity index (χ2n) is 8.02. The fourth-order valence-electron chi connectivity index (χ4n) is 3.54. The van der Waals surface area contributed by atoms with Crippen LogP contribution in [-0.4, -0.2) is 15.3 Å². The third-order valence-electron chi connectivity index (χ3n) is 5.34. The molecule has 0 spiro atoms. The Bertz CT molecular complexity index is 1580. The molecule has 0 saturated heterocycles. The van der Waals surface area contributed by atoms with Gasteiger partial charge in [-0.1, -0.05) is 35.4 Å². The molecule has 1 amide bonds. The maximum Gasteiger partial charge on any atom is 0.269 e. The van der Waals surface area contributed by atoms with E-state index in [9.17, 15) is 14.9 Å². The van der Waals surface area contributed by atoms with Crippen LogP contribution >= 0.6 is 11.6 Å². The van der Waals surface area contributed by atoms with Crippen LogP contribution < -0.4 is 15.6 Å². The summed E-state index contributed by atoms with van der Waals surface area (Å²) >= 11 is 5.89. The van der Waals surface area contributed by atoms with E-state index in [1.165, 1.54) is 10.5 Å². The fraction of sp³-hybridized carbons (Fsp3) is 0.111. The second-order valence-corrected chi connectivity index (χ2v) is 8.46. The molecule has 0 aliphatic carbocycles. The molecule has 2 heterocycles. The normalized spacial score (nSPS) is 11.2. The molecule has 0 radical (unpaired) electrons. The number of amides is 1. The van der Waals surface area contributed by atoms with Crippen molar-refractivity contribution in [2.24, 2.45) is 0 Å². The lowest BCUT2D eigenvalue weighted by molar-refractivity contribution is -0.112. The SMILES string of the molecule is Cc1ccc(Oc2nc3c(C)cccn3c(=O)c2/C=C(/C#N)C(=O)Nc2ccc(Cl)cc2)c(C)c1. The summed E-state index contributed by atoms with van der Waals surface area (Å²) in [5, 5.41) is 12.9. The number of anilines is 1. The first-order valence-electron chi connectivity index (χ1n) is 10.7. The van der Waals surface area contributed by atoms with Gasteiger partial charge in [-0.3, -0.25) is 14.0 Å². The summed E-state index contributed by atoms with van der Waals surface area (Å²) in [7, 11) is 0. The average Bonchev–Trinajstić information content (AvgIpc) is 2.83. The number of ether oxygens (including phenoxy) is 1. The van der Waals surface area contributed by atoms with E-state index in [-0.39, 0.29) is 17.0 Å². The highest BCUT2D eigenvalue weighted by molar-refractivity contribution is 6.30. The fourth-order valence-corrected chi connectivity index (χ4v) is 3.66. The predicted octanol–water partition coefficient (Wildman–Crippen LogP) is 5.61. The van der Waals surface area contributed by atoms with Crippen molar-refractivity contribution in [2.75, 3.05) is 5.32 Å². The topological polar surface area (TPSA) is 96.5 Å². The number of carbonyl (C=O) groups is 1. The number of nitriles is 1. The zero-order chi connectivity index (χ0) is 25.1. The molecule has 4 rings (SSSR count). The molecule has 2 aromatic heterocycles. The Morgan fingerprint density at radius 2 is 1.86 bits per heavy atom. The third-order valence-corrected chi connectivity index (χ3v) is 5.59. The number of halogens is 1. The molecule has 0 fully saturated rings. The van der Waals surface area contributed by atoms with Crippen molar-refractivity contribution in [1.82, 2.24) is 9.38 Å². The van der Waals surface area contributed by atoms with Crippen LogP contribution in [0.15, 0.2) is 71.2 Å². The maximum atomic E-state index is 13.4. The minimum atomic E-state index is -0.680. The van der Waals surface area contributed by atoms with Gasteiger partial charge >= 0.3 is 0 Å². The summed E-state index contributed by atoms with van der Waals surface area (Å²) in [6, 6.07) is 17.5. The first-order valence-corrected chi connectivity index (χ1v) is 11.1. The van der Waals surface area contributed by atoms with E-state index in [1.807, 2.05) is 45.0 Å².